The average Bonchev–Trinajstić information content (AvgIpc) is 3.24. The highest BCUT2D eigenvalue weighted by Gasteiger charge is 2.17. The SMILES string of the molecule is CN(Cc1ccccc1Br)C(=O)Nc1ccc(CCC(=O)N2CCCC2)cc1. The van der Waals surface area contributed by atoms with E-state index < -0.39 is 0 Å². The van der Waals surface area contributed by atoms with E-state index in [0.717, 1.165) is 53.6 Å². The van der Waals surface area contributed by atoms with Gasteiger partial charge in [-0.1, -0.05) is 46.3 Å². The number of carbonyl (C=O) groups excluding carboxylic acids is 2. The van der Waals surface area contributed by atoms with Gasteiger partial charge in [0.1, 0.15) is 0 Å². The average molecular weight is 444 g/mol. The minimum absolute atomic E-state index is 0.160. The summed E-state index contributed by atoms with van der Waals surface area (Å²) in [4.78, 5) is 28.2. The van der Waals surface area contributed by atoms with E-state index in [1.54, 1.807) is 11.9 Å². The van der Waals surface area contributed by atoms with Crippen molar-refractivity contribution in [3.05, 3.63) is 64.1 Å². The number of nitrogens with zero attached hydrogens (tertiary/aromatic N) is 2. The Labute approximate surface area is 174 Å². The van der Waals surface area contributed by atoms with Crippen LogP contribution in [0.5, 0.6) is 0 Å². The number of halogens is 1. The quantitative estimate of drug-likeness (QED) is 0.704. The van der Waals surface area contributed by atoms with Crippen LogP contribution in [0.15, 0.2) is 53.0 Å². The lowest BCUT2D eigenvalue weighted by Crippen LogP contribution is -2.30. The van der Waals surface area contributed by atoms with Crippen molar-refractivity contribution in [3.63, 3.8) is 0 Å². The van der Waals surface area contributed by atoms with E-state index in [2.05, 4.69) is 21.2 Å². The van der Waals surface area contributed by atoms with Gasteiger partial charge in [0.2, 0.25) is 5.91 Å². The van der Waals surface area contributed by atoms with Crippen LogP contribution in [-0.4, -0.2) is 41.9 Å². The second-order valence-corrected chi connectivity index (χ2v) is 8.02. The lowest BCUT2D eigenvalue weighted by molar-refractivity contribution is -0.130. The zero-order valence-corrected chi connectivity index (χ0v) is 17.7. The van der Waals surface area contributed by atoms with Gasteiger partial charge in [-0.25, -0.2) is 4.79 Å². The predicted octanol–water partition coefficient (Wildman–Crippen LogP) is 4.67. The molecule has 0 spiro atoms. The highest BCUT2D eigenvalue weighted by molar-refractivity contribution is 9.10. The summed E-state index contributed by atoms with van der Waals surface area (Å²) in [5.41, 5.74) is 2.91. The maximum atomic E-state index is 12.4. The number of amides is 3. The first kappa shape index (κ1) is 20.4. The fourth-order valence-electron chi connectivity index (χ4n) is 3.30. The maximum absolute atomic E-state index is 12.4. The number of rotatable bonds is 6. The van der Waals surface area contributed by atoms with Crippen LogP contribution in [0.2, 0.25) is 0 Å². The third-order valence-electron chi connectivity index (χ3n) is 5.00. The van der Waals surface area contributed by atoms with Crippen LogP contribution >= 0.6 is 15.9 Å². The Morgan fingerprint density at radius 1 is 1.07 bits per heavy atom. The summed E-state index contributed by atoms with van der Waals surface area (Å²) in [7, 11) is 1.77. The molecular weight excluding hydrogens is 418 g/mol. The molecule has 0 atom stereocenters. The van der Waals surface area contributed by atoms with Crippen LogP contribution in [0.1, 0.15) is 30.4 Å². The summed E-state index contributed by atoms with van der Waals surface area (Å²) < 4.78 is 0.988. The molecule has 1 fully saturated rings. The molecule has 28 heavy (non-hydrogen) atoms. The molecule has 3 amide bonds. The van der Waals surface area contributed by atoms with Gasteiger partial charge in [-0.15, -0.1) is 0 Å². The van der Waals surface area contributed by atoms with E-state index in [0.29, 0.717) is 13.0 Å². The van der Waals surface area contributed by atoms with Crippen molar-refractivity contribution in [1.29, 1.82) is 0 Å². The number of nitrogens with one attached hydrogen (secondary N) is 1. The fraction of sp³-hybridized carbons (Fsp3) is 0.364. The number of hydrogen-bond acceptors (Lipinski definition) is 2. The van der Waals surface area contributed by atoms with Gasteiger partial charge in [0.05, 0.1) is 0 Å². The number of benzene rings is 2. The van der Waals surface area contributed by atoms with Crippen LogP contribution in [-0.2, 0) is 17.8 Å². The number of likely N-dealkylation sites (tertiary alicyclic amines) is 1. The topological polar surface area (TPSA) is 52.7 Å². The van der Waals surface area contributed by atoms with Crippen molar-refractivity contribution < 1.29 is 9.59 Å². The third-order valence-corrected chi connectivity index (χ3v) is 5.78. The van der Waals surface area contributed by atoms with E-state index in [1.165, 1.54) is 0 Å². The van der Waals surface area contributed by atoms with Crippen LogP contribution in [0, 0.1) is 0 Å². The zero-order valence-electron chi connectivity index (χ0n) is 16.2. The Hall–Kier alpha value is -2.34. The second kappa shape index (κ2) is 9.73. The first-order chi connectivity index (χ1) is 13.5. The van der Waals surface area contributed by atoms with Gasteiger partial charge in [0.15, 0.2) is 0 Å². The Balaban J connectivity index is 1.48. The largest absolute Gasteiger partial charge is 0.343 e. The summed E-state index contributed by atoms with van der Waals surface area (Å²) in [6, 6.07) is 15.4. The number of urea groups is 1. The van der Waals surface area contributed by atoms with Crippen LogP contribution in [0.25, 0.3) is 0 Å². The molecule has 0 radical (unpaired) electrons. The Morgan fingerprint density at radius 2 is 1.75 bits per heavy atom. The predicted molar refractivity (Wildman–Crippen MR) is 115 cm³/mol. The third kappa shape index (κ3) is 5.58. The molecule has 6 heteroatoms. The monoisotopic (exact) mass is 443 g/mol. The molecule has 0 aliphatic carbocycles. The van der Waals surface area contributed by atoms with Gasteiger partial charge < -0.3 is 15.1 Å². The van der Waals surface area contributed by atoms with E-state index >= 15 is 0 Å². The molecule has 0 saturated carbocycles. The van der Waals surface area contributed by atoms with Crippen molar-refractivity contribution in [2.24, 2.45) is 0 Å². The standard InChI is InChI=1S/C22H26BrN3O2/c1-25(16-18-6-2-3-7-20(18)23)22(28)24-19-11-8-17(9-12-19)10-13-21(27)26-14-4-5-15-26/h2-3,6-9,11-12H,4-5,10,13-16H2,1H3,(H,24,28). The van der Waals surface area contributed by atoms with Crippen LogP contribution in [0.3, 0.4) is 0 Å². The molecule has 1 aliphatic rings. The van der Waals surface area contributed by atoms with Gasteiger partial charge in [-0.05, 0) is 48.6 Å². The fourth-order valence-corrected chi connectivity index (χ4v) is 3.71. The van der Waals surface area contributed by atoms with Gasteiger partial charge in [0.25, 0.3) is 0 Å². The molecule has 1 N–H and O–H groups in total. The van der Waals surface area contributed by atoms with Crippen LogP contribution in [0.4, 0.5) is 10.5 Å². The molecule has 1 heterocycles. The van der Waals surface area contributed by atoms with E-state index in [1.807, 2.05) is 53.4 Å². The molecular formula is C22H26BrN3O2. The molecule has 0 unspecified atom stereocenters. The van der Waals surface area contributed by atoms with Gasteiger partial charge in [0, 0.05) is 43.3 Å². The first-order valence-electron chi connectivity index (χ1n) is 9.65. The lowest BCUT2D eigenvalue weighted by Gasteiger charge is -2.19. The number of hydrogen-bond donors (Lipinski definition) is 1. The zero-order chi connectivity index (χ0) is 19.9. The summed E-state index contributed by atoms with van der Waals surface area (Å²) in [5, 5.41) is 2.91. The Kier molecular flexibility index (Phi) is 7.09. The smallest absolute Gasteiger partial charge is 0.321 e. The van der Waals surface area contributed by atoms with E-state index in [-0.39, 0.29) is 11.9 Å². The van der Waals surface area contributed by atoms with Gasteiger partial charge in [-0.3, -0.25) is 4.79 Å². The Bertz CT molecular complexity index is 817. The number of carbonyl (C=O) groups is 2. The highest BCUT2D eigenvalue weighted by atomic mass is 79.9. The molecule has 148 valence electrons. The minimum atomic E-state index is -0.160. The molecule has 1 aliphatic heterocycles. The summed E-state index contributed by atoms with van der Waals surface area (Å²) in [5.74, 6) is 0.239. The number of aryl methyl sites for hydroxylation is 1. The minimum Gasteiger partial charge on any atom is -0.343 e. The lowest BCUT2D eigenvalue weighted by atomic mass is 10.1. The van der Waals surface area contributed by atoms with E-state index in [9.17, 15) is 9.59 Å². The van der Waals surface area contributed by atoms with Crippen LogP contribution < -0.4 is 5.32 Å². The van der Waals surface area contributed by atoms with E-state index in [4.69, 9.17) is 0 Å². The van der Waals surface area contributed by atoms with Crippen molar-refractivity contribution in [2.45, 2.75) is 32.2 Å². The summed E-state index contributed by atoms with van der Waals surface area (Å²) >= 11 is 3.51. The van der Waals surface area contributed by atoms with Crippen molar-refractivity contribution in [3.8, 4) is 0 Å². The molecule has 0 bridgehead atoms. The molecule has 3 rings (SSSR count). The Morgan fingerprint density at radius 3 is 2.43 bits per heavy atom. The maximum Gasteiger partial charge on any atom is 0.321 e. The van der Waals surface area contributed by atoms with Crippen molar-refractivity contribution in [1.82, 2.24) is 9.80 Å². The van der Waals surface area contributed by atoms with Crippen molar-refractivity contribution in [2.75, 3.05) is 25.5 Å². The van der Waals surface area contributed by atoms with Gasteiger partial charge >= 0.3 is 6.03 Å². The molecule has 5 nitrogen and oxygen atoms in total. The second-order valence-electron chi connectivity index (χ2n) is 7.16. The summed E-state index contributed by atoms with van der Waals surface area (Å²) in [6.07, 6.45) is 3.51. The van der Waals surface area contributed by atoms with Gasteiger partial charge in [-0.2, -0.15) is 0 Å². The first-order valence-corrected chi connectivity index (χ1v) is 10.4. The summed E-state index contributed by atoms with van der Waals surface area (Å²) in [6.45, 7) is 2.32. The van der Waals surface area contributed by atoms with Crippen molar-refractivity contribution >= 4 is 33.6 Å². The molecule has 2 aromatic carbocycles. The molecule has 1 saturated heterocycles. The molecule has 0 aromatic heterocycles. The highest BCUT2D eigenvalue weighted by Crippen LogP contribution is 2.18. The number of anilines is 1. The normalized spacial score (nSPS) is 13.4. The molecule has 2 aromatic rings.